The normalized spacial score (nSPS) is 11.9. The van der Waals surface area contributed by atoms with Crippen molar-refractivity contribution in [2.45, 2.75) is 19.4 Å². The van der Waals surface area contributed by atoms with Crippen LogP contribution in [0.25, 0.3) is 0 Å². The van der Waals surface area contributed by atoms with Crippen LogP contribution in [0.4, 0.5) is 0 Å². The highest BCUT2D eigenvalue weighted by Gasteiger charge is 2.09. The Balaban J connectivity index is 1.95. The average Bonchev–Trinajstić information content (AvgIpc) is 2.39. The highest BCUT2D eigenvalue weighted by atomic mass is 35.5. The summed E-state index contributed by atoms with van der Waals surface area (Å²) in [4.78, 5) is 12.0. The molecule has 0 fully saturated rings. The van der Waals surface area contributed by atoms with Crippen molar-refractivity contribution in [1.82, 2.24) is 5.32 Å². The highest BCUT2D eigenvalue weighted by Crippen LogP contribution is 2.13. The number of carbonyl (C=O) groups is 1. The lowest BCUT2D eigenvalue weighted by Gasteiger charge is -2.14. The van der Waals surface area contributed by atoms with Gasteiger partial charge in [0.25, 0.3) is 0 Å². The molecule has 0 saturated heterocycles. The smallest absolute Gasteiger partial charge is 0.224 e. The molecular weight excluding hydrogens is 258 g/mol. The van der Waals surface area contributed by atoms with Gasteiger partial charge in [-0.25, -0.2) is 0 Å². The van der Waals surface area contributed by atoms with E-state index in [-0.39, 0.29) is 11.9 Å². The van der Waals surface area contributed by atoms with E-state index in [0.717, 1.165) is 11.1 Å². The molecule has 1 N–H and O–H groups in total. The Morgan fingerprint density at radius 2 is 1.89 bits per heavy atom. The van der Waals surface area contributed by atoms with E-state index in [1.165, 1.54) is 0 Å². The van der Waals surface area contributed by atoms with Gasteiger partial charge in [-0.1, -0.05) is 54.1 Å². The molecule has 0 aromatic heterocycles. The summed E-state index contributed by atoms with van der Waals surface area (Å²) < 4.78 is 0. The van der Waals surface area contributed by atoms with Crippen molar-refractivity contribution in [3.63, 3.8) is 0 Å². The van der Waals surface area contributed by atoms with Gasteiger partial charge >= 0.3 is 0 Å². The van der Waals surface area contributed by atoms with E-state index in [1.807, 2.05) is 55.5 Å². The molecule has 1 unspecified atom stereocenters. The Morgan fingerprint density at radius 3 is 2.58 bits per heavy atom. The molecule has 19 heavy (non-hydrogen) atoms. The molecule has 2 rings (SSSR count). The average molecular weight is 274 g/mol. The first-order valence-corrected chi connectivity index (χ1v) is 6.61. The lowest BCUT2D eigenvalue weighted by atomic mass is 10.1. The third kappa shape index (κ3) is 4.11. The summed E-state index contributed by atoms with van der Waals surface area (Å²) in [7, 11) is 0. The maximum Gasteiger partial charge on any atom is 0.224 e. The minimum Gasteiger partial charge on any atom is -0.349 e. The molecule has 3 heteroatoms. The van der Waals surface area contributed by atoms with Crippen molar-refractivity contribution >= 4 is 17.5 Å². The van der Waals surface area contributed by atoms with Crippen LogP contribution in [-0.2, 0) is 11.2 Å². The summed E-state index contributed by atoms with van der Waals surface area (Å²) in [6, 6.07) is 17.3. The Morgan fingerprint density at radius 1 is 1.16 bits per heavy atom. The molecule has 0 aliphatic carbocycles. The van der Waals surface area contributed by atoms with Gasteiger partial charge in [0.05, 0.1) is 12.5 Å². The monoisotopic (exact) mass is 273 g/mol. The number of hydrogen-bond acceptors (Lipinski definition) is 1. The molecule has 1 amide bonds. The van der Waals surface area contributed by atoms with Crippen LogP contribution in [0.15, 0.2) is 54.6 Å². The Labute approximate surface area is 118 Å². The first-order chi connectivity index (χ1) is 9.15. The topological polar surface area (TPSA) is 29.1 Å². The summed E-state index contributed by atoms with van der Waals surface area (Å²) in [6.07, 6.45) is 0.345. The van der Waals surface area contributed by atoms with E-state index >= 15 is 0 Å². The van der Waals surface area contributed by atoms with Gasteiger partial charge in [0, 0.05) is 5.02 Å². The van der Waals surface area contributed by atoms with Gasteiger partial charge in [-0.05, 0) is 30.2 Å². The summed E-state index contributed by atoms with van der Waals surface area (Å²) in [6.45, 7) is 1.98. The second kappa shape index (κ2) is 6.39. The molecule has 0 spiro atoms. The number of rotatable bonds is 4. The van der Waals surface area contributed by atoms with Crippen LogP contribution in [0.2, 0.25) is 5.02 Å². The maximum atomic E-state index is 12.0. The second-order valence-corrected chi connectivity index (χ2v) is 4.94. The van der Waals surface area contributed by atoms with E-state index in [0.29, 0.717) is 11.4 Å². The summed E-state index contributed by atoms with van der Waals surface area (Å²) in [5.41, 5.74) is 2.02. The third-order valence-corrected chi connectivity index (χ3v) is 3.17. The van der Waals surface area contributed by atoms with Crippen molar-refractivity contribution in [1.29, 1.82) is 0 Å². The fourth-order valence-corrected chi connectivity index (χ4v) is 2.16. The summed E-state index contributed by atoms with van der Waals surface area (Å²) in [5, 5.41) is 3.64. The lowest BCUT2D eigenvalue weighted by Crippen LogP contribution is -2.28. The molecular formula is C16H16ClNO. The van der Waals surface area contributed by atoms with E-state index in [9.17, 15) is 4.79 Å². The minimum atomic E-state index is -0.00128. The largest absolute Gasteiger partial charge is 0.349 e. The third-order valence-electron chi connectivity index (χ3n) is 2.93. The molecule has 98 valence electrons. The number of halogens is 1. The predicted molar refractivity (Wildman–Crippen MR) is 78.2 cm³/mol. The molecule has 0 heterocycles. The van der Waals surface area contributed by atoms with Crippen LogP contribution in [0.3, 0.4) is 0 Å². The van der Waals surface area contributed by atoms with Gasteiger partial charge < -0.3 is 5.32 Å². The van der Waals surface area contributed by atoms with Gasteiger partial charge in [0.1, 0.15) is 0 Å². The molecule has 0 aliphatic heterocycles. The Kier molecular flexibility index (Phi) is 4.58. The van der Waals surface area contributed by atoms with Crippen LogP contribution in [0.5, 0.6) is 0 Å². The zero-order chi connectivity index (χ0) is 13.7. The van der Waals surface area contributed by atoms with Crippen LogP contribution >= 0.6 is 11.6 Å². The Bertz CT molecular complexity index is 554. The molecule has 2 nitrogen and oxygen atoms in total. The van der Waals surface area contributed by atoms with Crippen molar-refractivity contribution in [3.05, 3.63) is 70.7 Å². The van der Waals surface area contributed by atoms with Crippen LogP contribution < -0.4 is 5.32 Å². The first kappa shape index (κ1) is 13.6. The van der Waals surface area contributed by atoms with Gasteiger partial charge in [-0.15, -0.1) is 0 Å². The molecule has 0 radical (unpaired) electrons. The molecule has 2 aromatic rings. The predicted octanol–water partition coefficient (Wildman–Crippen LogP) is 3.76. The van der Waals surface area contributed by atoms with Gasteiger partial charge in [0.15, 0.2) is 0 Å². The van der Waals surface area contributed by atoms with E-state index in [4.69, 9.17) is 11.6 Å². The fourth-order valence-electron chi connectivity index (χ4n) is 1.95. The van der Waals surface area contributed by atoms with E-state index in [2.05, 4.69) is 5.32 Å². The quantitative estimate of drug-likeness (QED) is 0.903. The molecule has 0 bridgehead atoms. The van der Waals surface area contributed by atoms with Crippen molar-refractivity contribution in [2.24, 2.45) is 0 Å². The standard InChI is InChI=1S/C16H16ClNO/c1-12(14-7-3-2-4-8-14)18-16(19)11-13-6-5-9-15(17)10-13/h2-10,12H,11H2,1H3,(H,18,19). The number of nitrogens with one attached hydrogen (secondary N) is 1. The van der Waals surface area contributed by atoms with Crippen molar-refractivity contribution in [3.8, 4) is 0 Å². The van der Waals surface area contributed by atoms with Crippen molar-refractivity contribution < 1.29 is 4.79 Å². The number of benzene rings is 2. The number of hydrogen-bond donors (Lipinski definition) is 1. The van der Waals surface area contributed by atoms with Crippen LogP contribution in [0, 0.1) is 0 Å². The van der Waals surface area contributed by atoms with Crippen molar-refractivity contribution in [2.75, 3.05) is 0 Å². The highest BCUT2D eigenvalue weighted by molar-refractivity contribution is 6.30. The van der Waals surface area contributed by atoms with Crippen LogP contribution in [-0.4, -0.2) is 5.91 Å². The Hall–Kier alpha value is -1.80. The van der Waals surface area contributed by atoms with Gasteiger partial charge in [0.2, 0.25) is 5.91 Å². The lowest BCUT2D eigenvalue weighted by molar-refractivity contribution is -0.121. The number of carbonyl (C=O) groups excluding carboxylic acids is 1. The van der Waals surface area contributed by atoms with Gasteiger partial charge in [-0.2, -0.15) is 0 Å². The number of amides is 1. The molecule has 0 saturated carbocycles. The maximum absolute atomic E-state index is 12.0. The van der Waals surface area contributed by atoms with E-state index < -0.39 is 0 Å². The fraction of sp³-hybridized carbons (Fsp3) is 0.188. The zero-order valence-electron chi connectivity index (χ0n) is 10.8. The summed E-state index contributed by atoms with van der Waals surface area (Å²) in [5.74, 6) is -0.00128. The molecule has 0 aliphatic rings. The minimum absolute atomic E-state index is 0.00128. The molecule has 1 atom stereocenters. The first-order valence-electron chi connectivity index (χ1n) is 6.24. The molecule has 2 aromatic carbocycles. The second-order valence-electron chi connectivity index (χ2n) is 4.51. The zero-order valence-corrected chi connectivity index (χ0v) is 11.5. The summed E-state index contributed by atoms with van der Waals surface area (Å²) >= 11 is 5.90. The van der Waals surface area contributed by atoms with Crippen LogP contribution in [0.1, 0.15) is 24.1 Å². The van der Waals surface area contributed by atoms with E-state index in [1.54, 1.807) is 6.07 Å². The van der Waals surface area contributed by atoms with Gasteiger partial charge in [-0.3, -0.25) is 4.79 Å². The SMILES string of the molecule is CC(NC(=O)Cc1cccc(Cl)c1)c1ccccc1.